The number of amides is 3. The van der Waals surface area contributed by atoms with Crippen molar-refractivity contribution in [1.29, 1.82) is 0 Å². The first-order chi connectivity index (χ1) is 18.2. The third-order valence-electron chi connectivity index (χ3n) is 5.33. The minimum absolute atomic E-state index is 0.129. The number of hydrogen-bond donors (Lipinski definition) is 4. The Morgan fingerprint density at radius 2 is 1.89 bits per heavy atom. The van der Waals surface area contributed by atoms with Crippen molar-refractivity contribution in [3.63, 3.8) is 0 Å². The number of aromatic hydroxyl groups is 1. The number of benzene rings is 2. The second-order valence-corrected chi connectivity index (χ2v) is 8.74. The molecule has 0 fully saturated rings. The van der Waals surface area contributed by atoms with Gasteiger partial charge in [-0.1, -0.05) is 22.0 Å². The maximum atomic E-state index is 12.5. The van der Waals surface area contributed by atoms with Gasteiger partial charge in [0, 0.05) is 15.7 Å². The number of halogens is 1. The summed E-state index contributed by atoms with van der Waals surface area (Å²) in [6.07, 6.45) is 1.26. The van der Waals surface area contributed by atoms with Gasteiger partial charge in [0.15, 0.2) is 29.6 Å². The van der Waals surface area contributed by atoms with Crippen LogP contribution in [0.4, 0.5) is 4.79 Å². The highest BCUT2D eigenvalue weighted by Crippen LogP contribution is 2.35. The summed E-state index contributed by atoms with van der Waals surface area (Å²) in [7, 11) is 2.84. The van der Waals surface area contributed by atoms with Crippen molar-refractivity contribution in [3.8, 4) is 23.0 Å². The van der Waals surface area contributed by atoms with Crippen LogP contribution in [0.15, 0.2) is 51.2 Å². The van der Waals surface area contributed by atoms with Crippen LogP contribution in [0.1, 0.15) is 31.0 Å². The van der Waals surface area contributed by atoms with Crippen molar-refractivity contribution in [1.82, 2.24) is 16.1 Å². The molecule has 13 heteroatoms. The minimum Gasteiger partial charge on any atom is -0.504 e. The molecule has 0 unspecified atom stereocenters. The van der Waals surface area contributed by atoms with E-state index < -0.39 is 30.6 Å². The topological polar surface area (TPSA) is 157 Å². The Labute approximate surface area is 227 Å². The van der Waals surface area contributed by atoms with Crippen LogP contribution in [0.3, 0.4) is 0 Å². The Morgan fingerprint density at radius 1 is 1.16 bits per heavy atom. The largest absolute Gasteiger partial charge is 0.504 e. The predicted octanol–water partition coefficient (Wildman–Crippen LogP) is 2.89. The summed E-state index contributed by atoms with van der Waals surface area (Å²) in [5.41, 5.74) is 3.82. The second-order valence-electron chi connectivity index (χ2n) is 7.83. The van der Waals surface area contributed by atoms with E-state index in [9.17, 15) is 19.5 Å². The molecular weight excluding hydrogens is 564 g/mol. The van der Waals surface area contributed by atoms with E-state index in [1.165, 1.54) is 20.4 Å². The molecule has 1 aliphatic heterocycles. The molecule has 3 amide bonds. The van der Waals surface area contributed by atoms with Crippen LogP contribution in [0, 0.1) is 0 Å². The fourth-order valence-corrected chi connectivity index (χ4v) is 4.06. The third kappa shape index (κ3) is 6.73. The number of hydrogen-bond acceptors (Lipinski definition) is 9. The zero-order valence-corrected chi connectivity index (χ0v) is 22.7. The highest BCUT2D eigenvalue weighted by atomic mass is 79.9. The lowest BCUT2D eigenvalue weighted by Gasteiger charge is -2.28. The van der Waals surface area contributed by atoms with E-state index in [0.29, 0.717) is 21.3 Å². The first kappa shape index (κ1) is 28.3. The number of allylic oxidation sites excluding steroid dienone is 1. The van der Waals surface area contributed by atoms with E-state index in [-0.39, 0.29) is 35.2 Å². The van der Waals surface area contributed by atoms with Gasteiger partial charge in [-0.25, -0.2) is 15.0 Å². The van der Waals surface area contributed by atoms with Crippen molar-refractivity contribution in [3.05, 3.63) is 57.2 Å². The van der Waals surface area contributed by atoms with Crippen molar-refractivity contribution in [2.45, 2.75) is 19.9 Å². The molecule has 3 rings (SSSR count). The lowest BCUT2D eigenvalue weighted by atomic mass is 9.95. The van der Waals surface area contributed by atoms with Gasteiger partial charge in [-0.15, -0.1) is 0 Å². The fraction of sp³-hybridized carbons (Fsp3) is 0.280. The first-order valence-corrected chi connectivity index (χ1v) is 12.1. The number of carbonyl (C=O) groups is 3. The SMILES string of the molecule is CCOC(=O)C1=C(C)NC(=O)N[C@@H]1c1ccc(OCC(=O)N/N=C\c2cc(Br)cc(OC)c2O)c(OC)c1. The van der Waals surface area contributed by atoms with Crippen molar-refractivity contribution < 1.29 is 38.4 Å². The second kappa shape index (κ2) is 12.8. The zero-order valence-electron chi connectivity index (χ0n) is 21.1. The monoisotopic (exact) mass is 590 g/mol. The van der Waals surface area contributed by atoms with E-state index in [1.807, 2.05) is 0 Å². The van der Waals surface area contributed by atoms with Crippen LogP contribution >= 0.6 is 15.9 Å². The molecule has 0 aliphatic carbocycles. The molecule has 38 heavy (non-hydrogen) atoms. The number of hydrazone groups is 1. The fourth-order valence-electron chi connectivity index (χ4n) is 3.60. The number of carbonyl (C=O) groups excluding carboxylic acids is 3. The number of urea groups is 1. The first-order valence-electron chi connectivity index (χ1n) is 11.3. The van der Waals surface area contributed by atoms with Crippen molar-refractivity contribution in [2.24, 2.45) is 5.10 Å². The van der Waals surface area contributed by atoms with Crippen LogP contribution in [-0.4, -0.2) is 56.7 Å². The number of methoxy groups -OCH3 is 2. The molecule has 0 saturated heterocycles. The Kier molecular flexibility index (Phi) is 9.55. The van der Waals surface area contributed by atoms with E-state index in [0.717, 1.165) is 0 Å². The van der Waals surface area contributed by atoms with Gasteiger partial charge in [0.25, 0.3) is 5.91 Å². The van der Waals surface area contributed by atoms with Gasteiger partial charge in [0.2, 0.25) is 0 Å². The van der Waals surface area contributed by atoms with Gasteiger partial charge >= 0.3 is 12.0 Å². The van der Waals surface area contributed by atoms with Gasteiger partial charge in [0.05, 0.1) is 38.7 Å². The normalized spacial score (nSPS) is 15.0. The van der Waals surface area contributed by atoms with Gasteiger partial charge < -0.3 is 34.7 Å². The van der Waals surface area contributed by atoms with E-state index in [2.05, 4.69) is 37.1 Å². The number of nitrogens with one attached hydrogen (secondary N) is 3. The molecule has 12 nitrogen and oxygen atoms in total. The Morgan fingerprint density at radius 3 is 2.58 bits per heavy atom. The van der Waals surface area contributed by atoms with Crippen LogP contribution in [0.2, 0.25) is 0 Å². The molecule has 0 saturated carbocycles. The lowest BCUT2D eigenvalue weighted by Crippen LogP contribution is -2.45. The van der Waals surface area contributed by atoms with Crippen LogP contribution in [0.25, 0.3) is 0 Å². The number of ether oxygens (including phenoxy) is 4. The summed E-state index contributed by atoms with van der Waals surface area (Å²) >= 11 is 3.31. The van der Waals surface area contributed by atoms with Crippen LogP contribution < -0.4 is 30.3 Å². The molecule has 2 aromatic rings. The third-order valence-corrected chi connectivity index (χ3v) is 5.78. The van der Waals surface area contributed by atoms with Gasteiger partial charge in [-0.3, -0.25) is 4.79 Å². The number of esters is 1. The highest BCUT2D eigenvalue weighted by Gasteiger charge is 2.32. The zero-order chi connectivity index (χ0) is 27.8. The Balaban J connectivity index is 1.70. The standard InChI is InChI=1S/C25H27BrN4O8/c1-5-37-24(33)21-13(2)28-25(34)29-22(21)14-6-7-17(18(9-14)35-3)38-12-20(31)30-27-11-15-8-16(26)10-19(36-4)23(15)32/h6-11,22,32H,5,12H2,1-4H3,(H,30,31)(H2,28,29,34)/b27-11-/t22-/m1/s1. The summed E-state index contributed by atoms with van der Waals surface area (Å²) in [6, 6.07) is 6.74. The molecule has 0 radical (unpaired) electrons. The Hall–Kier alpha value is -4.26. The summed E-state index contributed by atoms with van der Waals surface area (Å²) < 4.78 is 21.9. The quantitative estimate of drug-likeness (QED) is 0.187. The van der Waals surface area contributed by atoms with Gasteiger partial charge in [0.1, 0.15) is 0 Å². The van der Waals surface area contributed by atoms with Crippen molar-refractivity contribution in [2.75, 3.05) is 27.4 Å². The molecule has 1 aliphatic rings. The molecular formula is C25H27BrN4O8. The molecule has 0 aromatic heterocycles. The van der Waals surface area contributed by atoms with Gasteiger partial charge in [-0.05, 0) is 43.7 Å². The predicted molar refractivity (Wildman–Crippen MR) is 140 cm³/mol. The molecule has 1 atom stereocenters. The number of phenolic OH excluding ortho intramolecular Hbond substituents is 1. The molecule has 202 valence electrons. The van der Waals surface area contributed by atoms with Gasteiger partial charge in [-0.2, -0.15) is 5.10 Å². The number of rotatable bonds is 10. The van der Waals surface area contributed by atoms with E-state index in [1.54, 1.807) is 44.2 Å². The minimum atomic E-state index is -0.781. The molecule has 2 aromatic carbocycles. The van der Waals surface area contributed by atoms with E-state index >= 15 is 0 Å². The number of phenols is 1. The average molecular weight is 591 g/mol. The summed E-state index contributed by atoms with van der Waals surface area (Å²) in [4.78, 5) is 36.9. The van der Waals surface area contributed by atoms with Crippen LogP contribution in [0.5, 0.6) is 23.0 Å². The van der Waals surface area contributed by atoms with E-state index in [4.69, 9.17) is 18.9 Å². The maximum absolute atomic E-state index is 12.5. The number of nitrogens with zero attached hydrogens (tertiary/aromatic N) is 1. The molecule has 1 heterocycles. The summed E-state index contributed by atoms with van der Waals surface area (Å²) in [5.74, 6) is -0.482. The molecule has 4 N–H and O–H groups in total. The molecule has 0 bridgehead atoms. The molecule has 0 spiro atoms. The highest BCUT2D eigenvalue weighted by molar-refractivity contribution is 9.10. The lowest BCUT2D eigenvalue weighted by molar-refractivity contribution is -0.139. The summed E-state index contributed by atoms with van der Waals surface area (Å²) in [6.45, 7) is 3.09. The van der Waals surface area contributed by atoms with Crippen molar-refractivity contribution >= 4 is 40.1 Å². The van der Waals surface area contributed by atoms with Crippen LogP contribution in [-0.2, 0) is 14.3 Å². The average Bonchev–Trinajstić information content (AvgIpc) is 2.88. The smallest absolute Gasteiger partial charge is 0.338 e. The Bertz CT molecular complexity index is 1290. The maximum Gasteiger partial charge on any atom is 0.338 e. The summed E-state index contributed by atoms with van der Waals surface area (Å²) in [5, 5.41) is 19.3.